The Bertz CT molecular complexity index is 569. The minimum Gasteiger partial charge on any atom is -0.458 e. The van der Waals surface area contributed by atoms with Crippen molar-refractivity contribution in [3.05, 3.63) is 30.1 Å². The Hall–Kier alpha value is -2.11. The Morgan fingerprint density at radius 3 is 2.73 bits per heavy atom. The second kappa shape index (κ2) is 6.34. The van der Waals surface area contributed by atoms with Gasteiger partial charge in [-0.15, -0.1) is 0 Å². The number of hydrogen-bond donors (Lipinski definition) is 1. The van der Waals surface area contributed by atoms with Crippen LogP contribution in [0.5, 0.6) is 0 Å². The van der Waals surface area contributed by atoms with Crippen molar-refractivity contribution in [2.75, 3.05) is 11.9 Å². The van der Waals surface area contributed by atoms with Gasteiger partial charge in [0.05, 0.1) is 0 Å². The first kappa shape index (κ1) is 16.3. The van der Waals surface area contributed by atoms with E-state index in [0.717, 1.165) is 6.42 Å². The lowest BCUT2D eigenvalue weighted by Gasteiger charge is -2.27. The third-order valence-corrected chi connectivity index (χ3v) is 3.27. The van der Waals surface area contributed by atoms with Crippen LogP contribution in [0.25, 0.3) is 0 Å². The summed E-state index contributed by atoms with van der Waals surface area (Å²) in [5.41, 5.74) is -0.232. The van der Waals surface area contributed by atoms with Gasteiger partial charge in [-0.05, 0) is 51.8 Å². The highest BCUT2D eigenvalue weighted by Gasteiger charge is 2.36. The summed E-state index contributed by atoms with van der Waals surface area (Å²) < 4.78 is 18.5. The van der Waals surface area contributed by atoms with Gasteiger partial charge in [-0.2, -0.15) is 0 Å². The van der Waals surface area contributed by atoms with E-state index < -0.39 is 29.5 Å². The van der Waals surface area contributed by atoms with Crippen molar-refractivity contribution < 1.29 is 18.7 Å². The van der Waals surface area contributed by atoms with Gasteiger partial charge < -0.3 is 15.0 Å². The van der Waals surface area contributed by atoms with Gasteiger partial charge in [0.15, 0.2) is 0 Å². The standard InChI is InChI=1S/C16H21FN2O3/c1-16(2,3)22-14(20)13-8-5-9-19(13)15(21)18-12-7-4-6-11(17)10-12/h4,6-7,10,13H,5,8-9H2,1-3H3,(H,18,21). The van der Waals surface area contributed by atoms with Crippen LogP contribution in [0.3, 0.4) is 0 Å². The van der Waals surface area contributed by atoms with Gasteiger partial charge in [-0.1, -0.05) is 6.07 Å². The number of esters is 1. The SMILES string of the molecule is CC(C)(C)OC(=O)C1CCCN1C(=O)Nc1cccc(F)c1. The number of halogens is 1. The summed E-state index contributed by atoms with van der Waals surface area (Å²) >= 11 is 0. The molecule has 1 unspecified atom stereocenters. The Labute approximate surface area is 129 Å². The topological polar surface area (TPSA) is 58.6 Å². The van der Waals surface area contributed by atoms with Crippen LogP contribution in [0, 0.1) is 5.82 Å². The fourth-order valence-electron chi connectivity index (χ4n) is 2.39. The number of carbonyl (C=O) groups is 2. The van der Waals surface area contributed by atoms with Gasteiger partial charge >= 0.3 is 12.0 Å². The van der Waals surface area contributed by atoms with E-state index in [1.807, 2.05) is 0 Å². The average Bonchev–Trinajstić information content (AvgIpc) is 2.85. The molecule has 1 atom stereocenters. The van der Waals surface area contributed by atoms with Gasteiger partial charge in [0, 0.05) is 12.2 Å². The molecule has 1 aliphatic heterocycles. The molecular weight excluding hydrogens is 287 g/mol. The van der Waals surface area contributed by atoms with Crippen molar-refractivity contribution >= 4 is 17.7 Å². The first-order valence-electron chi connectivity index (χ1n) is 7.32. The van der Waals surface area contributed by atoms with Crippen LogP contribution in [0.2, 0.25) is 0 Å². The maximum Gasteiger partial charge on any atom is 0.329 e. The Balaban J connectivity index is 2.03. The molecule has 6 heteroatoms. The van der Waals surface area contributed by atoms with Gasteiger partial charge in [0.2, 0.25) is 0 Å². The normalized spacial score (nSPS) is 18.2. The summed E-state index contributed by atoms with van der Waals surface area (Å²) in [7, 11) is 0. The number of urea groups is 1. The molecule has 5 nitrogen and oxygen atoms in total. The van der Waals surface area contributed by atoms with Crippen LogP contribution in [0.1, 0.15) is 33.6 Å². The number of amides is 2. The van der Waals surface area contributed by atoms with E-state index in [0.29, 0.717) is 18.7 Å². The van der Waals surface area contributed by atoms with E-state index in [-0.39, 0.29) is 0 Å². The van der Waals surface area contributed by atoms with Crippen molar-refractivity contribution in [2.24, 2.45) is 0 Å². The van der Waals surface area contributed by atoms with E-state index in [1.165, 1.54) is 23.1 Å². The van der Waals surface area contributed by atoms with Crippen molar-refractivity contribution in [1.29, 1.82) is 0 Å². The van der Waals surface area contributed by atoms with Crippen LogP contribution in [0.4, 0.5) is 14.9 Å². The van der Waals surface area contributed by atoms with E-state index in [9.17, 15) is 14.0 Å². The van der Waals surface area contributed by atoms with Gasteiger partial charge in [0.1, 0.15) is 17.5 Å². The number of anilines is 1. The first-order chi connectivity index (χ1) is 10.3. The van der Waals surface area contributed by atoms with Gasteiger partial charge in [-0.3, -0.25) is 0 Å². The van der Waals surface area contributed by atoms with Crippen LogP contribution in [-0.2, 0) is 9.53 Å². The number of nitrogens with zero attached hydrogens (tertiary/aromatic N) is 1. The number of ether oxygens (including phenoxy) is 1. The van der Waals surface area contributed by atoms with Crippen molar-refractivity contribution in [1.82, 2.24) is 4.90 Å². The minimum atomic E-state index is -0.593. The van der Waals surface area contributed by atoms with E-state index in [1.54, 1.807) is 26.8 Å². The molecule has 1 aromatic carbocycles. The van der Waals surface area contributed by atoms with Crippen LogP contribution >= 0.6 is 0 Å². The molecule has 2 amide bonds. The molecule has 1 aliphatic rings. The predicted molar refractivity (Wildman–Crippen MR) is 81.0 cm³/mol. The minimum absolute atomic E-state index is 0.361. The van der Waals surface area contributed by atoms with Crippen LogP contribution in [0.15, 0.2) is 24.3 Å². The van der Waals surface area contributed by atoms with Crippen molar-refractivity contribution in [2.45, 2.75) is 45.3 Å². The number of carbonyl (C=O) groups excluding carboxylic acids is 2. The molecule has 1 saturated heterocycles. The van der Waals surface area contributed by atoms with E-state index >= 15 is 0 Å². The largest absolute Gasteiger partial charge is 0.458 e. The number of hydrogen-bond acceptors (Lipinski definition) is 3. The summed E-state index contributed by atoms with van der Waals surface area (Å²) in [4.78, 5) is 25.9. The Morgan fingerprint density at radius 2 is 2.09 bits per heavy atom. The molecule has 1 heterocycles. The molecule has 0 spiro atoms. The van der Waals surface area contributed by atoms with Crippen molar-refractivity contribution in [3.8, 4) is 0 Å². The summed E-state index contributed by atoms with van der Waals surface area (Å²) in [5, 5.41) is 2.61. The zero-order valence-electron chi connectivity index (χ0n) is 13.1. The number of nitrogens with one attached hydrogen (secondary N) is 1. The Morgan fingerprint density at radius 1 is 1.36 bits per heavy atom. The third kappa shape index (κ3) is 4.19. The maximum atomic E-state index is 13.1. The highest BCUT2D eigenvalue weighted by molar-refractivity contribution is 5.93. The van der Waals surface area contributed by atoms with Gasteiger partial charge in [0.25, 0.3) is 0 Å². The molecule has 1 N–H and O–H groups in total. The molecule has 2 rings (SSSR count). The van der Waals surface area contributed by atoms with Crippen LogP contribution in [-0.4, -0.2) is 35.1 Å². The molecule has 0 aromatic heterocycles. The summed E-state index contributed by atoms with van der Waals surface area (Å²) in [6, 6.07) is 4.64. The lowest BCUT2D eigenvalue weighted by atomic mass is 10.1. The quantitative estimate of drug-likeness (QED) is 0.854. The molecule has 22 heavy (non-hydrogen) atoms. The molecule has 120 valence electrons. The molecule has 1 fully saturated rings. The smallest absolute Gasteiger partial charge is 0.329 e. The maximum absolute atomic E-state index is 13.1. The highest BCUT2D eigenvalue weighted by atomic mass is 19.1. The molecule has 0 radical (unpaired) electrons. The highest BCUT2D eigenvalue weighted by Crippen LogP contribution is 2.22. The predicted octanol–water partition coefficient (Wildman–Crippen LogP) is 3.16. The van der Waals surface area contributed by atoms with Crippen molar-refractivity contribution in [3.63, 3.8) is 0 Å². The third-order valence-electron chi connectivity index (χ3n) is 3.27. The Kier molecular flexibility index (Phi) is 4.68. The summed E-state index contributed by atoms with van der Waals surface area (Å²) in [5.74, 6) is -0.831. The number of likely N-dealkylation sites (tertiary alicyclic amines) is 1. The molecule has 0 aliphatic carbocycles. The summed E-state index contributed by atoms with van der Waals surface area (Å²) in [6.45, 7) is 5.84. The van der Waals surface area contributed by atoms with E-state index in [4.69, 9.17) is 4.74 Å². The van der Waals surface area contributed by atoms with Gasteiger partial charge in [-0.25, -0.2) is 14.0 Å². The molecule has 1 aromatic rings. The number of benzene rings is 1. The monoisotopic (exact) mass is 308 g/mol. The first-order valence-corrected chi connectivity index (χ1v) is 7.32. The molecule has 0 bridgehead atoms. The molecule has 0 saturated carbocycles. The molecular formula is C16H21FN2O3. The van der Waals surface area contributed by atoms with E-state index in [2.05, 4.69) is 5.32 Å². The van der Waals surface area contributed by atoms with Crippen LogP contribution < -0.4 is 5.32 Å². The zero-order chi connectivity index (χ0) is 16.3. The lowest BCUT2D eigenvalue weighted by Crippen LogP contribution is -2.45. The average molecular weight is 308 g/mol. The lowest BCUT2D eigenvalue weighted by molar-refractivity contribution is -0.159. The second-order valence-electron chi connectivity index (χ2n) is 6.33. The fraction of sp³-hybridized carbons (Fsp3) is 0.500. The fourth-order valence-corrected chi connectivity index (χ4v) is 2.39. The second-order valence-corrected chi connectivity index (χ2v) is 6.33. The zero-order valence-corrected chi connectivity index (χ0v) is 13.1. The number of rotatable bonds is 2. The summed E-state index contributed by atoms with van der Waals surface area (Å²) in [6.07, 6.45) is 1.31.